The minimum absolute atomic E-state index is 0.00167. The molecule has 1 aromatic heterocycles. The van der Waals surface area contributed by atoms with Gasteiger partial charge in [0.25, 0.3) is 0 Å². The lowest BCUT2D eigenvalue weighted by molar-refractivity contribution is 0.552. The highest BCUT2D eigenvalue weighted by Crippen LogP contribution is 2.31. The van der Waals surface area contributed by atoms with Gasteiger partial charge >= 0.3 is 0 Å². The van der Waals surface area contributed by atoms with Crippen LogP contribution in [0.5, 0.6) is 0 Å². The van der Waals surface area contributed by atoms with Crippen LogP contribution in [0.4, 0.5) is 5.82 Å². The SMILES string of the molecule is CCSC1CCC(NS(=O)(=O)c2cnc(NC)c(Cl)c2)C1. The van der Waals surface area contributed by atoms with E-state index in [0.717, 1.165) is 25.0 Å². The van der Waals surface area contributed by atoms with Crippen molar-refractivity contribution in [1.29, 1.82) is 0 Å². The van der Waals surface area contributed by atoms with Crippen LogP contribution in [0.3, 0.4) is 0 Å². The summed E-state index contributed by atoms with van der Waals surface area (Å²) in [4.78, 5) is 4.12. The first-order valence-electron chi connectivity index (χ1n) is 6.93. The van der Waals surface area contributed by atoms with E-state index in [1.807, 2.05) is 11.8 Å². The number of nitrogens with one attached hydrogen (secondary N) is 2. The average molecular weight is 350 g/mol. The number of sulfonamides is 1. The molecule has 5 nitrogen and oxygen atoms in total. The molecule has 1 heterocycles. The maximum atomic E-state index is 12.4. The van der Waals surface area contributed by atoms with E-state index in [0.29, 0.717) is 16.1 Å². The van der Waals surface area contributed by atoms with Gasteiger partial charge in [-0.05, 0) is 31.1 Å². The number of nitrogens with zero attached hydrogens (tertiary/aromatic N) is 1. The molecule has 1 aromatic rings. The van der Waals surface area contributed by atoms with Gasteiger partial charge in [0, 0.05) is 24.5 Å². The summed E-state index contributed by atoms with van der Waals surface area (Å²) in [6.45, 7) is 2.12. The summed E-state index contributed by atoms with van der Waals surface area (Å²) >= 11 is 7.89. The van der Waals surface area contributed by atoms with Gasteiger partial charge in [-0.15, -0.1) is 0 Å². The molecule has 1 aliphatic rings. The third-order valence-corrected chi connectivity index (χ3v) is 6.48. The first-order chi connectivity index (χ1) is 9.96. The Hall–Kier alpha value is -0.500. The zero-order valence-electron chi connectivity index (χ0n) is 12.1. The molecule has 2 unspecified atom stereocenters. The Balaban J connectivity index is 2.07. The van der Waals surface area contributed by atoms with E-state index >= 15 is 0 Å². The highest BCUT2D eigenvalue weighted by atomic mass is 35.5. The number of hydrogen-bond donors (Lipinski definition) is 2. The average Bonchev–Trinajstić information content (AvgIpc) is 2.85. The molecule has 1 saturated carbocycles. The Morgan fingerprint density at radius 1 is 1.48 bits per heavy atom. The highest BCUT2D eigenvalue weighted by Gasteiger charge is 2.29. The van der Waals surface area contributed by atoms with Gasteiger partial charge < -0.3 is 5.32 Å². The molecule has 21 heavy (non-hydrogen) atoms. The molecular weight excluding hydrogens is 330 g/mol. The van der Waals surface area contributed by atoms with E-state index in [1.165, 1.54) is 12.3 Å². The second-order valence-electron chi connectivity index (χ2n) is 4.96. The molecule has 0 amide bonds. The van der Waals surface area contributed by atoms with Crippen LogP contribution in [-0.2, 0) is 10.0 Å². The van der Waals surface area contributed by atoms with Crippen molar-refractivity contribution in [2.24, 2.45) is 0 Å². The molecule has 0 aliphatic heterocycles. The molecule has 1 fully saturated rings. The van der Waals surface area contributed by atoms with Crippen LogP contribution >= 0.6 is 23.4 Å². The number of anilines is 1. The minimum atomic E-state index is -3.56. The van der Waals surface area contributed by atoms with Crippen LogP contribution in [0.1, 0.15) is 26.2 Å². The first kappa shape index (κ1) is 16.9. The summed E-state index contributed by atoms with van der Waals surface area (Å²) in [5.74, 6) is 1.53. The fourth-order valence-electron chi connectivity index (χ4n) is 2.47. The molecule has 0 spiro atoms. The highest BCUT2D eigenvalue weighted by molar-refractivity contribution is 7.99. The first-order valence-corrected chi connectivity index (χ1v) is 9.84. The standard InChI is InChI=1S/C13H20ClN3O2S2/c1-3-20-10-5-4-9(6-10)17-21(18,19)11-7-12(14)13(15-2)16-8-11/h7-10,17H,3-6H2,1-2H3,(H,15,16). The monoisotopic (exact) mass is 349 g/mol. The maximum Gasteiger partial charge on any atom is 0.242 e. The van der Waals surface area contributed by atoms with E-state index < -0.39 is 10.0 Å². The molecule has 2 rings (SSSR count). The third-order valence-electron chi connectivity index (χ3n) is 3.47. The number of hydrogen-bond acceptors (Lipinski definition) is 5. The Bertz CT molecular complexity index is 595. The summed E-state index contributed by atoms with van der Waals surface area (Å²) in [6.07, 6.45) is 4.15. The van der Waals surface area contributed by atoms with Gasteiger partial charge in [-0.3, -0.25) is 0 Å². The van der Waals surface area contributed by atoms with Crippen molar-refractivity contribution < 1.29 is 8.42 Å². The Kier molecular flexibility index (Phi) is 5.76. The number of rotatable bonds is 6. The second kappa shape index (κ2) is 7.17. The number of thioether (sulfide) groups is 1. The Morgan fingerprint density at radius 2 is 2.24 bits per heavy atom. The van der Waals surface area contributed by atoms with Crippen molar-refractivity contribution >= 4 is 39.2 Å². The van der Waals surface area contributed by atoms with Crippen molar-refractivity contribution in [3.05, 3.63) is 17.3 Å². The lowest BCUT2D eigenvalue weighted by Gasteiger charge is -2.14. The molecule has 0 saturated heterocycles. The van der Waals surface area contributed by atoms with Gasteiger partial charge in [0.2, 0.25) is 10.0 Å². The summed E-state index contributed by atoms with van der Waals surface area (Å²) in [5, 5.41) is 3.66. The summed E-state index contributed by atoms with van der Waals surface area (Å²) in [6, 6.07) is 1.43. The van der Waals surface area contributed by atoms with Crippen molar-refractivity contribution in [1.82, 2.24) is 9.71 Å². The zero-order chi connectivity index (χ0) is 15.5. The van der Waals surface area contributed by atoms with Crippen LogP contribution < -0.4 is 10.0 Å². The molecule has 118 valence electrons. The third kappa shape index (κ3) is 4.25. The van der Waals surface area contributed by atoms with Crippen LogP contribution in [0, 0.1) is 0 Å². The molecule has 1 aliphatic carbocycles. The van der Waals surface area contributed by atoms with Gasteiger partial charge in [-0.1, -0.05) is 18.5 Å². The van der Waals surface area contributed by atoms with Crippen molar-refractivity contribution in [3.8, 4) is 0 Å². The van der Waals surface area contributed by atoms with Gasteiger partial charge in [-0.25, -0.2) is 18.1 Å². The number of aromatic nitrogens is 1. The van der Waals surface area contributed by atoms with Crippen molar-refractivity contribution in [2.45, 2.75) is 42.4 Å². The van der Waals surface area contributed by atoms with E-state index in [4.69, 9.17) is 11.6 Å². The predicted molar refractivity (Wildman–Crippen MR) is 88.7 cm³/mol. The lowest BCUT2D eigenvalue weighted by atomic mass is 10.3. The molecule has 0 radical (unpaired) electrons. The van der Waals surface area contributed by atoms with Crippen LogP contribution in [0.25, 0.3) is 0 Å². The summed E-state index contributed by atoms with van der Waals surface area (Å²) in [7, 11) is -1.88. The van der Waals surface area contributed by atoms with Crippen LogP contribution in [0.15, 0.2) is 17.2 Å². The maximum absolute atomic E-state index is 12.4. The zero-order valence-corrected chi connectivity index (χ0v) is 14.5. The quantitative estimate of drug-likeness (QED) is 0.826. The van der Waals surface area contributed by atoms with Crippen LogP contribution in [0.2, 0.25) is 5.02 Å². The fourth-order valence-corrected chi connectivity index (χ4v) is 5.19. The minimum Gasteiger partial charge on any atom is -0.372 e. The van der Waals surface area contributed by atoms with Crippen molar-refractivity contribution in [3.63, 3.8) is 0 Å². The van der Waals surface area contributed by atoms with Gasteiger partial charge in [0.1, 0.15) is 10.7 Å². The van der Waals surface area contributed by atoms with E-state index in [9.17, 15) is 8.42 Å². The number of pyridine rings is 1. The van der Waals surface area contributed by atoms with E-state index in [2.05, 4.69) is 21.9 Å². The Morgan fingerprint density at radius 3 is 2.86 bits per heavy atom. The van der Waals surface area contributed by atoms with Gasteiger partial charge in [0.15, 0.2) is 0 Å². The van der Waals surface area contributed by atoms with Crippen molar-refractivity contribution in [2.75, 3.05) is 18.1 Å². The van der Waals surface area contributed by atoms with Crippen LogP contribution in [-0.4, -0.2) is 37.5 Å². The smallest absolute Gasteiger partial charge is 0.242 e. The van der Waals surface area contributed by atoms with Gasteiger partial charge in [-0.2, -0.15) is 11.8 Å². The Labute approximate surface area is 135 Å². The number of halogens is 1. The topological polar surface area (TPSA) is 71.1 Å². The summed E-state index contributed by atoms with van der Waals surface area (Å²) < 4.78 is 27.5. The van der Waals surface area contributed by atoms with E-state index in [-0.39, 0.29) is 10.9 Å². The summed E-state index contributed by atoms with van der Waals surface area (Å²) in [5.41, 5.74) is 0. The van der Waals surface area contributed by atoms with Gasteiger partial charge in [0.05, 0.1) is 5.02 Å². The molecule has 0 bridgehead atoms. The molecule has 8 heteroatoms. The lowest BCUT2D eigenvalue weighted by Crippen LogP contribution is -2.33. The second-order valence-corrected chi connectivity index (χ2v) is 8.66. The normalized spacial score (nSPS) is 22.4. The molecule has 2 N–H and O–H groups in total. The predicted octanol–water partition coefficient (Wildman–Crippen LogP) is 2.73. The fraction of sp³-hybridized carbons (Fsp3) is 0.615. The largest absolute Gasteiger partial charge is 0.372 e. The molecular formula is C13H20ClN3O2S2. The van der Waals surface area contributed by atoms with E-state index in [1.54, 1.807) is 7.05 Å². The molecule has 2 atom stereocenters. The molecule has 0 aromatic carbocycles.